The van der Waals surface area contributed by atoms with Gasteiger partial charge in [0.15, 0.2) is 11.3 Å². The van der Waals surface area contributed by atoms with Gasteiger partial charge in [-0.3, -0.25) is 4.79 Å². The van der Waals surface area contributed by atoms with Gasteiger partial charge in [0.2, 0.25) is 11.7 Å². The van der Waals surface area contributed by atoms with Crippen LogP contribution in [0.4, 0.5) is 0 Å². The third-order valence-electron chi connectivity index (χ3n) is 6.47. The topological polar surface area (TPSA) is 91.0 Å². The molecule has 2 N–H and O–H groups in total. The van der Waals surface area contributed by atoms with E-state index >= 15 is 0 Å². The first-order valence-electron chi connectivity index (χ1n) is 9.76. The number of carbonyl (C=O) groups excluding carboxylic acids is 1. The van der Waals surface area contributed by atoms with E-state index in [2.05, 4.69) is 20.8 Å². The first kappa shape index (κ1) is 18.8. The van der Waals surface area contributed by atoms with Crippen molar-refractivity contribution in [2.24, 2.45) is 10.8 Å². The molecule has 4 rings (SSSR count). The Hall–Kier alpha value is -2.50. The fraction of sp³-hybridized carbons (Fsp3) is 0.545. The molecule has 1 amide bonds. The van der Waals surface area contributed by atoms with E-state index in [0.29, 0.717) is 16.5 Å². The number of hydrogen-bond acceptors (Lipinski definition) is 5. The molecule has 6 heteroatoms. The van der Waals surface area contributed by atoms with Gasteiger partial charge in [0.25, 0.3) is 0 Å². The van der Waals surface area contributed by atoms with Crippen molar-refractivity contribution in [3.05, 3.63) is 33.7 Å². The van der Waals surface area contributed by atoms with E-state index in [4.69, 9.17) is 4.42 Å². The van der Waals surface area contributed by atoms with Crippen molar-refractivity contribution in [3.63, 3.8) is 0 Å². The maximum Gasteiger partial charge on any atom is 0.340 e. The van der Waals surface area contributed by atoms with Crippen LogP contribution in [0, 0.1) is 17.8 Å². The highest BCUT2D eigenvalue weighted by Crippen LogP contribution is 2.52. The van der Waals surface area contributed by atoms with Crippen LogP contribution in [0.1, 0.15) is 51.2 Å². The summed E-state index contributed by atoms with van der Waals surface area (Å²) in [6, 6.07) is 3.15. The highest BCUT2D eigenvalue weighted by atomic mass is 16.4. The summed E-state index contributed by atoms with van der Waals surface area (Å²) in [5.41, 5.74) is 0.563. The number of aromatic hydroxyl groups is 2. The van der Waals surface area contributed by atoms with Crippen LogP contribution in [-0.4, -0.2) is 33.6 Å². The van der Waals surface area contributed by atoms with Crippen molar-refractivity contribution in [2.75, 3.05) is 6.54 Å². The second-order valence-corrected chi connectivity index (χ2v) is 9.72. The zero-order chi connectivity index (χ0) is 20.4. The molecule has 1 saturated heterocycles. The van der Waals surface area contributed by atoms with E-state index in [0.717, 1.165) is 25.8 Å². The van der Waals surface area contributed by atoms with E-state index in [9.17, 15) is 19.8 Å². The smallest absolute Gasteiger partial charge is 0.340 e. The molecule has 1 saturated carbocycles. The van der Waals surface area contributed by atoms with Crippen molar-refractivity contribution in [1.82, 2.24) is 4.90 Å². The molecule has 0 radical (unpaired) electrons. The Morgan fingerprint density at radius 2 is 1.96 bits per heavy atom. The fourth-order valence-electron chi connectivity index (χ4n) is 5.64. The summed E-state index contributed by atoms with van der Waals surface area (Å²) in [7, 11) is 0. The number of rotatable bonds is 2. The van der Waals surface area contributed by atoms with Gasteiger partial charge in [-0.25, -0.2) is 4.79 Å². The second kappa shape index (κ2) is 6.00. The zero-order valence-electron chi connectivity index (χ0n) is 16.8. The lowest BCUT2D eigenvalue weighted by molar-refractivity contribution is -0.131. The minimum atomic E-state index is -0.645. The van der Waals surface area contributed by atoms with Gasteiger partial charge in [-0.15, -0.1) is 0 Å². The second-order valence-electron chi connectivity index (χ2n) is 9.72. The molecule has 1 aromatic carbocycles. The van der Waals surface area contributed by atoms with Gasteiger partial charge in [-0.2, -0.15) is 0 Å². The molecule has 0 spiro atoms. The van der Waals surface area contributed by atoms with Crippen LogP contribution in [0.3, 0.4) is 0 Å². The molecule has 2 bridgehead atoms. The number of aryl methyl sites for hydroxylation is 1. The molecule has 1 aliphatic carbocycles. The number of fused-ring (bicyclic) bond motifs is 3. The molecule has 0 unspecified atom stereocenters. The molecule has 1 aromatic heterocycles. The predicted octanol–water partition coefficient (Wildman–Crippen LogP) is 3.48. The van der Waals surface area contributed by atoms with E-state index in [1.807, 2.05) is 4.90 Å². The molecule has 28 heavy (non-hydrogen) atoms. The highest BCUT2D eigenvalue weighted by Gasteiger charge is 2.50. The summed E-state index contributed by atoms with van der Waals surface area (Å²) in [5.74, 6) is -0.859. The van der Waals surface area contributed by atoms with Gasteiger partial charge in [0, 0.05) is 18.0 Å². The normalized spacial score (nSPS) is 26.0. The number of nitrogens with zero attached hydrogens (tertiary/aromatic N) is 1. The maximum absolute atomic E-state index is 13.1. The Balaban J connectivity index is 1.67. The van der Waals surface area contributed by atoms with Crippen LogP contribution in [0.25, 0.3) is 11.0 Å². The van der Waals surface area contributed by atoms with Gasteiger partial charge in [0.1, 0.15) is 0 Å². The first-order valence-corrected chi connectivity index (χ1v) is 9.76. The summed E-state index contributed by atoms with van der Waals surface area (Å²) in [5, 5.41) is 20.1. The van der Waals surface area contributed by atoms with Crippen molar-refractivity contribution in [3.8, 4) is 11.5 Å². The average molecular weight is 385 g/mol. The van der Waals surface area contributed by atoms with Crippen molar-refractivity contribution in [2.45, 2.75) is 59.4 Å². The molecule has 2 aromatic rings. The van der Waals surface area contributed by atoms with Gasteiger partial charge in [-0.1, -0.05) is 20.8 Å². The summed E-state index contributed by atoms with van der Waals surface area (Å²) in [4.78, 5) is 27.6. The van der Waals surface area contributed by atoms with E-state index < -0.39 is 11.4 Å². The van der Waals surface area contributed by atoms with Crippen LogP contribution in [0.2, 0.25) is 0 Å². The Kier molecular flexibility index (Phi) is 4.04. The van der Waals surface area contributed by atoms with Crippen molar-refractivity contribution >= 4 is 16.9 Å². The molecule has 2 aliphatic rings. The maximum atomic E-state index is 13.1. The molecule has 150 valence electrons. The summed E-state index contributed by atoms with van der Waals surface area (Å²) >= 11 is 0. The van der Waals surface area contributed by atoms with Gasteiger partial charge in [0.05, 0.1) is 12.0 Å². The monoisotopic (exact) mass is 385 g/mol. The number of amides is 1. The number of likely N-dealkylation sites (tertiary alicyclic amines) is 1. The van der Waals surface area contributed by atoms with E-state index in [1.165, 1.54) is 6.07 Å². The number of carbonyl (C=O) groups is 1. The molecular weight excluding hydrogens is 358 g/mol. The Labute approximate surface area is 163 Å². The molecular formula is C22H27NO5. The predicted molar refractivity (Wildman–Crippen MR) is 105 cm³/mol. The van der Waals surface area contributed by atoms with Crippen LogP contribution in [0.5, 0.6) is 11.5 Å². The third kappa shape index (κ3) is 2.95. The van der Waals surface area contributed by atoms with Gasteiger partial charge in [-0.05, 0) is 54.7 Å². The lowest BCUT2D eigenvalue weighted by Crippen LogP contribution is -2.39. The summed E-state index contributed by atoms with van der Waals surface area (Å²) in [6.45, 7) is 9.24. The Morgan fingerprint density at radius 3 is 2.68 bits per heavy atom. The largest absolute Gasteiger partial charge is 0.504 e. The van der Waals surface area contributed by atoms with Crippen LogP contribution >= 0.6 is 0 Å². The number of benzene rings is 1. The van der Waals surface area contributed by atoms with Gasteiger partial charge < -0.3 is 19.5 Å². The fourth-order valence-corrected chi connectivity index (χ4v) is 5.64. The summed E-state index contributed by atoms with van der Waals surface area (Å²) in [6.07, 6.45) is 3.08. The Morgan fingerprint density at radius 1 is 1.25 bits per heavy atom. The minimum absolute atomic E-state index is 0.0151. The standard InChI is InChI=1S/C22H27NO5/c1-12-14-5-6-16(24)18(26)19(14)28-20(27)15(12)7-17(25)23-11-22(4)9-13(23)8-21(2,3)10-22/h5-6,13,24,26H,7-11H2,1-4H3/t13-,22+/m1/s1. The van der Waals surface area contributed by atoms with Crippen molar-refractivity contribution in [1.29, 1.82) is 0 Å². The number of phenols is 2. The lowest BCUT2D eigenvalue weighted by atomic mass is 9.65. The first-order chi connectivity index (χ1) is 13.0. The van der Waals surface area contributed by atoms with Crippen LogP contribution in [0.15, 0.2) is 21.3 Å². The van der Waals surface area contributed by atoms with E-state index in [-0.39, 0.29) is 40.5 Å². The molecule has 2 fully saturated rings. The van der Waals surface area contributed by atoms with Crippen LogP contribution in [-0.2, 0) is 11.2 Å². The number of hydrogen-bond donors (Lipinski definition) is 2. The molecule has 2 heterocycles. The van der Waals surface area contributed by atoms with Crippen molar-refractivity contribution < 1.29 is 19.4 Å². The average Bonchev–Trinajstić information content (AvgIpc) is 2.84. The lowest BCUT2D eigenvalue weighted by Gasteiger charge is -2.39. The SMILES string of the molecule is Cc1c(CC(=O)N2C[C@@]3(C)C[C@H]2CC(C)(C)C3)c(=O)oc2c(O)c(O)ccc12. The van der Waals surface area contributed by atoms with E-state index in [1.54, 1.807) is 13.0 Å². The van der Waals surface area contributed by atoms with Gasteiger partial charge >= 0.3 is 5.63 Å². The summed E-state index contributed by atoms with van der Waals surface area (Å²) < 4.78 is 5.25. The molecule has 6 nitrogen and oxygen atoms in total. The minimum Gasteiger partial charge on any atom is -0.504 e. The highest BCUT2D eigenvalue weighted by molar-refractivity contribution is 5.89. The molecule has 2 atom stereocenters. The molecule has 1 aliphatic heterocycles. The third-order valence-corrected chi connectivity index (χ3v) is 6.47. The Bertz CT molecular complexity index is 1040. The number of phenolic OH excluding ortho intramolecular Hbond substituents is 2. The quantitative estimate of drug-likeness (QED) is 0.610. The zero-order valence-corrected chi connectivity index (χ0v) is 16.8. The van der Waals surface area contributed by atoms with Crippen LogP contribution < -0.4 is 5.63 Å².